The summed E-state index contributed by atoms with van der Waals surface area (Å²) in [4.78, 5) is 1.44. The second kappa shape index (κ2) is 4.78. The lowest BCUT2D eigenvalue weighted by molar-refractivity contribution is 0.597. The van der Waals surface area contributed by atoms with E-state index in [1.54, 1.807) is 36.7 Å². The summed E-state index contributed by atoms with van der Waals surface area (Å²) in [6.45, 7) is 0. The van der Waals surface area contributed by atoms with E-state index in [1.165, 1.54) is 17.1 Å². The Morgan fingerprint density at radius 2 is 1.70 bits per heavy atom. The first-order valence-corrected chi connectivity index (χ1v) is 7.12. The fourth-order valence-electron chi connectivity index (χ4n) is 1.61. The van der Waals surface area contributed by atoms with Crippen LogP contribution in [0.5, 0.6) is 0 Å². The fourth-order valence-corrected chi connectivity index (χ4v) is 2.58. The number of sulfonamides is 1. The highest BCUT2D eigenvalue weighted by Gasteiger charge is 2.15. The molecule has 0 bridgehead atoms. The first-order valence-electron chi connectivity index (χ1n) is 5.64. The van der Waals surface area contributed by atoms with Crippen LogP contribution in [0.25, 0.3) is 5.69 Å². The van der Waals surface area contributed by atoms with Crippen LogP contribution >= 0.6 is 0 Å². The maximum absolute atomic E-state index is 12.0. The van der Waals surface area contributed by atoms with Gasteiger partial charge in [0.1, 0.15) is 0 Å². The highest BCUT2D eigenvalue weighted by atomic mass is 32.2. The van der Waals surface area contributed by atoms with Gasteiger partial charge in [0.25, 0.3) is 10.0 Å². The smallest absolute Gasteiger partial charge is 0.278 e. The number of benzene rings is 1. The maximum Gasteiger partial charge on any atom is 0.278 e. The molecule has 3 rings (SSSR count). The van der Waals surface area contributed by atoms with Crippen molar-refractivity contribution in [2.45, 2.75) is 5.03 Å². The second-order valence-corrected chi connectivity index (χ2v) is 5.54. The third-order valence-corrected chi connectivity index (χ3v) is 3.84. The van der Waals surface area contributed by atoms with Crippen LogP contribution in [0.15, 0.2) is 53.9 Å². The number of anilines is 1. The molecule has 20 heavy (non-hydrogen) atoms. The molecule has 0 radical (unpaired) electrons. The largest absolute Gasteiger partial charge is 0.278 e. The molecule has 0 aliphatic heterocycles. The summed E-state index contributed by atoms with van der Waals surface area (Å²) < 4.78 is 26.4. The Hall–Kier alpha value is -2.68. The number of rotatable bonds is 4. The van der Waals surface area contributed by atoms with Gasteiger partial charge in [-0.1, -0.05) is 0 Å². The molecule has 0 spiro atoms. The van der Waals surface area contributed by atoms with Gasteiger partial charge in [-0.25, -0.2) is 0 Å². The lowest BCUT2D eigenvalue weighted by Crippen LogP contribution is -2.13. The predicted octanol–water partition coefficient (Wildman–Crippen LogP) is 0.791. The molecule has 8 nitrogen and oxygen atoms in total. The molecule has 2 heterocycles. The molecular weight excluding hydrogens is 280 g/mol. The Morgan fingerprint density at radius 3 is 2.30 bits per heavy atom. The van der Waals surface area contributed by atoms with Gasteiger partial charge in [-0.15, -0.1) is 0 Å². The highest BCUT2D eigenvalue weighted by Crippen LogP contribution is 2.15. The number of aromatic nitrogens is 5. The number of aromatic amines is 1. The van der Waals surface area contributed by atoms with Crippen molar-refractivity contribution in [2.75, 3.05) is 4.72 Å². The van der Waals surface area contributed by atoms with Gasteiger partial charge < -0.3 is 0 Å². The average Bonchev–Trinajstić information content (AvgIpc) is 3.13. The van der Waals surface area contributed by atoms with E-state index < -0.39 is 10.0 Å². The zero-order valence-electron chi connectivity index (χ0n) is 10.1. The summed E-state index contributed by atoms with van der Waals surface area (Å²) in [5.41, 5.74) is 1.18. The van der Waals surface area contributed by atoms with E-state index in [-0.39, 0.29) is 5.03 Å². The normalized spacial score (nSPS) is 11.4. The zero-order valence-corrected chi connectivity index (χ0v) is 10.9. The molecule has 0 saturated carbocycles. The predicted molar refractivity (Wildman–Crippen MR) is 70.8 cm³/mol. The molecule has 2 aromatic heterocycles. The number of hydrogen-bond acceptors (Lipinski definition) is 5. The van der Waals surface area contributed by atoms with Crippen molar-refractivity contribution in [3.05, 3.63) is 48.9 Å². The average molecular weight is 290 g/mol. The third-order valence-electron chi connectivity index (χ3n) is 2.53. The third kappa shape index (κ3) is 2.38. The number of nitrogens with zero attached hydrogens (tertiary/aromatic N) is 4. The monoisotopic (exact) mass is 290 g/mol. The van der Waals surface area contributed by atoms with E-state index in [9.17, 15) is 8.42 Å². The lowest BCUT2D eigenvalue weighted by Gasteiger charge is -2.06. The minimum absolute atomic E-state index is 0.00956. The number of H-pyrrole nitrogens is 1. The summed E-state index contributed by atoms with van der Waals surface area (Å²) in [6, 6.07) is 8.07. The lowest BCUT2D eigenvalue weighted by atomic mass is 10.3. The van der Waals surface area contributed by atoms with Gasteiger partial charge in [-0.05, 0) is 30.3 Å². The van der Waals surface area contributed by atoms with E-state index in [2.05, 4.69) is 25.1 Å². The molecule has 0 aliphatic carbocycles. The summed E-state index contributed by atoms with van der Waals surface area (Å²) in [7, 11) is -3.64. The Morgan fingerprint density at radius 1 is 1.00 bits per heavy atom. The van der Waals surface area contributed by atoms with Crippen molar-refractivity contribution in [3.8, 4) is 5.69 Å². The Bertz CT molecular complexity index is 778. The van der Waals surface area contributed by atoms with Crippen molar-refractivity contribution in [2.24, 2.45) is 0 Å². The van der Waals surface area contributed by atoms with Crippen LogP contribution < -0.4 is 4.72 Å². The SMILES string of the molecule is O=S(=O)(Nc1ccc(-n2nccn2)cc1)c1ccn[nH]1. The first kappa shape index (κ1) is 12.4. The molecular formula is C11H10N6O2S. The summed E-state index contributed by atoms with van der Waals surface area (Å²) >= 11 is 0. The number of hydrogen-bond donors (Lipinski definition) is 2. The van der Waals surface area contributed by atoms with Crippen LogP contribution in [0, 0.1) is 0 Å². The molecule has 9 heteroatoms. The molecule has 0 aliphatic rings. The maximum atomic E-state index is 12.0. The molecule has 0 atom stereocenters. The zero-order chi connectivity index (χ0) is 14.0. The van der Waals surface area contributed by atoms with Gasteiger partial charge >= 0.3 is 0 Å². The van der Waals surface area contributed by atoms with Gasteiger partial charge in [-0.2, -0.15) is 28.5 Å². The minimum Gasteiger partial charge on any atom is -0.278 e. The van der Waals surface area contributed by atoms with Crippen LogP contribution in [-0.4, -0.2) is 33.6 Å². The van der Waals surface area contributed by atoms with Gasteiger partial charge in [0.2, 0.25) is 0 Å². The van der Waals surface area contributed by atoms with Crippen LogP contribution in [0.4, 0.5) is 5.69 Å². The van der Waals surface area contributed by atoms with Crippen molar-refractivity contribution in [3.63, 3.8) is 0 Å². The van der Waals surface area contributed by atoms with E-state index in [0.29, 0.717) is 5.69 Å². The number of nitrogens with one attached hydrogen (secondary N) is 2. The van der Waals surface area contributed by atoms with Crippen LogP contribution in [-0.2, 0) is 10.0 Å². The Labute approximate surface area is 114 Å². The molecule has 0 fully saturated rings. The summed E-state index contributed by atoms with van der Waals surface area (Å²) in [5.74, 6) is 0. The summed E-state index contributed by atoms with van der Waals surface area (Å²) in [6.07, 6.45) is 4.50. The minimum atomic E-state index is -3.64. The quantitative estimate of drug-likeness (QED) is 0.739. The highest BCUT2D eigenvalue weighted by molar-refractivity contribution is 7.92. The van der Waals surface area contributed by atoms with Gasteiger partial charge in [-0.3, -0.25) is 9.82 Å². The fraction of sp³-hybridized carbons (Fsp3) is 0. The molecule has 3 aromatic rings. The van der Waals surface area contributed by atoms with E-state index in [4.69, 9.17) is 0 Å². The van der Waals surface area contributed by atoms with Crippen molar-refractivity contribution < 1.29 is 8.42 Å². The molecule has 0 unspecified atom stereocenters. The van der Waals surface area contributed by atoms with E-state index >= 15 is 0 Å². The molecule has 1 aromatic carbocycles. The van der Waals surface area contributed by atoms with Gasteiger partial charge in [0.05, 0.1) is 24.3 Å². The van der Waals surface area contributed by atoms with E-state index in [1.807, 2.05) is 0 Å². The molecule has 0 saturated heterocycles. The summed E-state index contributed by atoms with van der Waals surface area (Å²) in [5, 5.41) is 14.0. The van der Waals surface area contributed by atoms with Gasteiger partial charge in [0, 0.05) is 5.69 Å². The second-order valence-electron chi connectivity index (χ2n) is 3.89. The van der Waals surface area contributed by atoms with Gasteiger partial charge in [0.15, 0.2) is 5.03 Å². The molecule has 102 valence electrons. The Kier molecular flexibility index (Phi) is 2.95. The van der Waals surface area contributed by atoms with E-state index in [0.717, 1.165) is 5.69 Å². The van der Waals surface area contributed by atoms with Crippen molar-refractivity contribution in [1.29, 1.82) is 0 Å². The van der Waals surface area contributed by atoms with Crippen molar-refractivity contribution >= 4 is 15.7 Å². The van der Waals surface area contributed by atoms with Crippen molar-refractivity contribution in [1.82, 2.24) is 25.2 Å². The molecule has 2 N–H and O–H groups in total. The first-order chi connectivity index (χ1) is 9.65. The standard InChI is InChI=1S/C11H10N6O2S/c18-20(19,11-5-6-12-15-11)16-9-1-3-10(4-2-9)17-13-7-8-14-17/h1-8,16H,(H,12,15). The molecule has 0 amide bonds. The Balaban J connectivity index is 1.83. The topological polar surface area (TPSA) is 106 Å². The van der Waals surface area contributed by atoms with Crippen LogP contribution in [0.1, 0.15) is 0 Å². The van der Waals surface area contributed by atoms with Crippen LogP contribution in [0.2, 0.25) is 0 Å². The van der Waals surface area contributed by atoms with Crippen LogP contribution in [0.3, 0.4) is 0 Å².